The summed E-state index contributed by atoms with van der Waals surface area (Å²) >= 11 is 0. The second kappa shape index (κ2) is 6.71. The zero-order valence-corrected chi connectivity index (χ0v) is 12.3. The summed E-state index contributed by atoms with van der Waals surface area (Å²) in [5, 5.41) is 9.52. The second-order valence-electron chi connectivity index (χ2n) is 6.30. The number of carboxylic acid groups (broad SMARTS) is 1. The number of rotatable bonds is 2. The maximum Gasteiger partial charge on any atom is 0.320 e. The van der Waals surface area contributed by atoms with Crippen molar-refractivity contribution in [3.8, 4) is 0 Å². The van der Waals surface area contributed by atoms with Gasteiger partial charge in [0.2, 0.25) is 0 Å². The van der Waals surface area contributed by atoms with Crippen molar-refractivity contribution in [3.05, 3.63) is 0 Å². The Hall–Kier alpha value is -0.610. The molecule has 3 unspecified atom stereocenters. The van der Waals surface area contributed by atoms with Crippen molar-refractivity contribution in [1.29, 1.82) is 0 Å². The zero-order chi connectivity index (χ0) is 13.8. The highest BCUT2D eigenvalue weighted by Crippen LogP contribution is 2.26. The number of carboxylic acids is 1. The van der Waals surface area contributed by atoms with Crippen LogP contribution in [-0.2, 0) is 4.79 Å². The van der Waals surface area contributed by atoms with Crippen molar-refractivity contribution >= 4 is 5.97 Å². The van der Waals surface area contributed by atoms with Crippen molar-refractivity contribution in [2.75, 3.05) is 20.1 Å². The molecule has 0 radical (unpaired) electrons. The summed E-state index contributed by atoms with van der Waals surface area (Å²) in [7, 11) is 2.17. The highest BCUT2D eigenvalue weighted by atomic mass is 16.4. The molecule has 0 aromatic carbocycles. The fourth-order valence-electron chi connectivity index (χ4n) is 3.58. The van der Waals surface area contributed by atoms with Crippen LogP contribution in [0.3, 0.4) is 0 Å². The van der Waals surface area contributed by atoms with Crippen molar-refractivity contribution in [3.63, 3.8) is 0 Å². The van der Waals surface area contributed by atoms with Crippen LogP contribution in [0, 0.1) is 0 Å². The molecule has 0 saturated carbocycles. The molecule has 110 valence electrons. The lowest BCUT2D eigenvalue weighted by Gasteiger charge is -2.43. The van der Waals surface area contributed by atoms with E-state index in [2.05, 4.69) is 23.8 Å². The molecule has 3 atom stereocenters. The van der Waals surface area contributed by atoms with E-state index < -0.39 is 5.97 Å². The molecule has 2 aliphatic rings. The first-order valence-electron chi connectivity index (χ1n) is 7.78. The van der Waals surface area contributed by atoms with Gasteiger partial charge in [-0.3, -0.25) is 9.69 Å². The maximum atomic E-state index is 11.6. The molecule has 0 amide bonds. The third-order valence-corrected chi connectivity index (χ3v) is 4.98. The van der Waals surface area contributed by atoms with Crippen molar-refractivity contribution < 1.29 is 9.90 Å². The lowest BCUT2D eigenvalue weighted by atomic mass is 9.93. The lowest BCUT2D eigenvalue weighted by Crippen LogP contribution is -2.53. The van der Waals surface area contributed by atoms with E-state index in [4.69, 9.17) is 0 Å². The molecule has 1 N–H and O–H groups in total. The molecular weight excluding hydrogens is 240 g/mol. The van der Waals surface area contributed by atoms with Crippen LogP contribution < -0.4 is 0 Å². The summed E-state index contributed by atoms with van der Waals surface area (Å²) in [4.78, 5) is 16.3. The van der Waals surface area contributed by atoms with Crippen molar-refractivity contribution in [1.82, 2.24) is 9.80 Å². The summed E-state index contributed by atoms with van der Waals surface area (Å²) in [5.41, 5.74) is 0. The number of aliphatic carboxylic acids is 1. The number of piperidine rings is 1. The third-order valence-electron chi connectivity index (χ3n) is 4.98. The summed E-state index contributed by atoms with van der Waals surface area (Å²) in [6.07, 6.45) is 7.73. The predicted octanol–water partition coefficient (Wildman–Crippen LogP) is 2.19. The quantitative estimate of drug-likeness (QED) is 0.834. The average Bonchev–Trinajstić information content (AvgIpc) is 2.32. The molecule has 4 heteroatoms. The zero-order valence-electron chi connectivity index (χ0n) is 12.3. The summed E-state index contributed by atoms with van der Waals surface area (Å²) in [5.74, 6) is -0.617. The molecule has 2 heterocycles. The van der Waals surface area contributed by atoms with E-state index in [0.29, 0.717) is 12.1 Å². The Labute approximate surface area is 116 Å². The smallest absolute Gasteiger partial charge is 0.320 e. The highest BCUT2D eigenvalue weighted by Gasteiger charge is 2.34. The molecule has 4 nitrogen and oxygen atoms in total. The maximum absolute atomic E-state index is 11.6. The van der Waals surface area contributed by atoms with Crippen LogP contribution >= 0.6 is 0 Å². The number of carbonyl (C=O) groups is 1. The van der Waals surface area contributed by atoms with Gasteiger partial charge in [0.1, 0.15) is 6.04 Å². The number of nitrogens with zero attached hydrogens (tertiary/aromatic N) is 2. The van der Waals surface area contributed by atoms with Crippen LogP contribution in [0.15, 0.2) is 0 Å². The molecule has 0 aromatic heterocycles. The van der Waals surface area contributed by atoms with Gasteiger partial charge < -0.3 is 10.0 Å². The van der Waals surface area contributed by atoms with E-state index in [1.54, 1.807) is 0 Å². The van der Waals surface area contributed by atoms with Gasteiger partial charge >= 0.3 is 5.97 Å². The van der Waals surface area contributed by atoms with E-state index in [0.717, 1.165) is 45.2 Å². The summed E-state index contributed by atoms with van der Waals surface area (Å²) in [6, 6.07) is 0.782. The van der Waals surface area contributed by atoms with Gasteiger partial charge in [-0.05, 0) is 52.7 Å². The molecule has 0 spiro atoms. The van der Waals surface area contributed by atoms with Crippen molar-refractivity contribution in [2.24, 2.45) is 0 Å². The second-order valence-corrected chi connectivity index (χ2v) is 6.30. The average molecular weight is 268 g/mol. The van der Waals surface area contributed by atoms with E-state index >= 15 is 0 Å². The van der Waals surface area contributed by atoms with Crippen LogP contribution in [0.1, 0.15) is 51.9 Å². The Morgan fingerprint density at radius 1 is 1.11 bits per heavy atom. The Morgan fingerprint density at radius 3 is 2.53 bits per heavy atom. The Bertz CT molecular complexity index is 309. The minimum atomic E-state index is -0.617. The van der Waals surface area contributed by atoms with Gasteiger partial charge in [-0.2, -0.15) is 0 Å². The SMILES string of the molecule is CC1CC(N2CCCCCCC2C(=O)O)CCN1C. The van der Waals surface area contributed by atoms with Gasteiger partial charge in [-0.15, -0.1) is 0 Å². The van der Waals surface area contributed by atoms with Crippen LogP contribution in [-0.4, -0.2) is 59.1 Å². The van der Waals surface area contributed by atoms with E-state index in [9.17, 15) is 9.90 Å². The largest absolute Gasteiger partial charge is 0.480 e. The van der Waals surface area contributed by atoms with Gasteiger partial charge in [-0.1, -0.05) is 19.3 Å². The van der Waals surface area contributed by atoms with Crippen LogP contribution in [0.5, 0.6) is 0 Å². The summed E-state index contributed by atoms with van der Waals surface area (Å²) < 4.78 is 0. The molecule has 2 saturated heterocycles. The van der Waals surface area contributed by atoms with E-state index in [-0.39, 0.29) is 6.04 Å². The molecule has 2 fully saturated rings. The van der Waals surface area contributed by atoms with Gasteiger partial charge in [0.05, 0.1) is 0 Å². The third kappa shape index (κ3) is 3.69. The minimum Gasteiger partial charge on any atom is -0.480 e. The van der Waals surface area contributed by atoms with Gasteiger partial charge in [-0.25, -0.2) is 0 Å². The first-order chi connectivity index (χ1) is 9.09. The monoisotopic (exact) mass is 268 g/mol. The molecule has 2 rings (SSSR count). The first kappa shape index (κ1) is 14.8. The van der Waals surface area contributed by atoms with Crippen LogP contribution in [0.25, 0.3) is 0 Å². The van der Waals surface area contributed by atoms with Gasteiger partial charge in [0.25, 0.3) is 0 Å². The number of likely N-dealkylation sites (tertiary alicyclic amines) is 2. The lowest BCUT2D eigenvalue weighted by molar-refractivity contribution is -0.145. The Morgan fingerprint density at radius 2 is 1.84 bits per heavy atom. The standard InChI is InChI=1S/C15H28N2O2/c1-12-11-13(8-10-16(12)2)17-9-6-4-3-5-7-14(17)15(18)19/h12-14H,3-11H2,1-2H3,(H,18,19). The topological polar surface area (TPSA) is 43.8 Å². The number of hydrogen-bond donors (Lipinski definition) is 1. The Balaban J connectivity index is 2.06. The van der Waals surface area contributed by atoms with E-state index in [1.165, 1.54) is 12.8 Å². The fourth-order valence-corrected chi connectivity index (χ4v) is 3.58. The first-order valence-corrected chi connectivity index (χ1v) is 7.78. The Kier molecular flexibility index (Phi) is 5.22. The van der Waals surface area contributed by atoms with Gasteiger partial charge in [0.15, 0.2) is 0 Å². The molecule has 0 bridgehead atoms. The van der Waals surface area contributed by atoms with Crippen molar-refractivity contribution in [2.45, 2.75) is 70.0 Å². The fraction of sp³-hybridized carbons (Fsp3) is 0.933. The minimum absolute atomic E-state index is 0.249. The van der Waals surface area contributed by atoms with Crippen LogP contribution in [0.2, 0.25) is 0 Å². The van der Waals surface area contributed by atoms with E-state index in [1.807, 2.05) is 0 Å². The van der Waals surface area contributed by atoms with Crippen LogP contribution in [0.4, 0.5) is 0 Å². The van der Waals surface area contributed by atoms with Gasteiger partial charge in [0, 0.05) is 12.1 Å². The predicted molar refractivity (Wildman–Crippen MR) is 76.3 cm³/mol. The molecule has 0 aliphatic carbocycles. The molecule has 0 aromatic rings. The summed E-state index contributed by atoms with van der Waals surface area (Å²) in [6.45, 7) is 4.32. The normalized spacial score (nSPS) is 35.6. The molecular formula is C15H28N2O2. The number of hydrogen-bond acceptors (Lipinski definition) is 3. The molecule has 2 aliphatic heterocycles. The molecule has 19 heavy (non-hydrogen) atoms. The highest BCUT2D eigenvalue weighted by molar-refractivity contribution is 5.73.